The van der Waals surface area contributed by atoms with E-state index in [2.05, 4.69) is 15.0 Å². The second-order valence-corrected chi connectivity index (χ2v) is 5.35. The number of hydrogen-bond donors (Lipinski definition) is 0. The number of methoxy groups -OCH3 is 1. The molecule has 5 nitrogen and oxygen atoms in total. The molecule has 0 bridgehead atoms. The molecule has 24 heavy (non-hydrogen) atoms. The first-order chi connectivity index (χ1) is 11.7. The van der Waals surface area contributed by atoms with Crippen LogP contribution in [0.25, 0.3) is 0 Å². The number of unbranched alkanes of at least 4 members (excludes halogenated alkanes) is 1. The van der Waals surface area contributed by atoms with Crippen LogP contribution in [-0.4, -0.2) is 25.6 Å². The molecular weight excluding hydrogens is 328 g/mol. The van der Waals surface area contributed by atoms with Gasteiger partial charge in [0.1, 0.15) is 5.75 Å². The molecule has 126 valence electrons. The molecule has 2 rings (SSSR count). The van der Waals surface area contributed by atoms with Gasteiger partial charge in [0, 0.05) is 5.88 Å². The van der Waals surface area contributed by atoms with Crippen LogP contribution in [-0.2, 0) is 4.74 Å². The molecule has 0 saturated carbocycles. The molecule has 0 aliphatic heterocycles. The molecule has 0 aliphatic rings. The normalized spacial score (nSPS) is 10.8. The lowest BCUT2D eigenvalue weighted by molar-refractivity contribution is 0.0601. The van der Waals surface area contributed by atoms with E-state index in [0.717, 1.165) is 24.3 Å². The molecule has 0 saturated heterocycles. The van der Waals surface area contributed by atoms with Crippen LogP contribution in [0, 0.1) is 0 Å². The van der Waals surface area contributed by atoms with Crippen molar-refractivity contribution in [3.63, 3.8) is 0 Å². The van der Waals surface area contributed by atoms with Crippen molar-refractivity contribution in [3.8, 4) is 5.75 Å². The molecule has 0 radical (unpaired) electrons. The first-order valence-electron chi connectivity index (χ1n) is 7.62. The maximum Gasteiger partial charge on any atom is 0.337 e. The fourth-order valence-electron chi connectivity index (χ4n) is 1.89. The van der Waals surface area contributed by atoms with Gasteiger partial charge in [0.15, 0.2) is 0 Å². The fraction of sp³-hybridized carbons (Fsp3) is 0.278. The molecule has 6 heteroatoms. The molecule has 0 N–H and O–H groups in total. The Kier molecular flexibility index (Phi) is 7.23. The smallest absolute Gasteiger partial charge is 0.337 e. The molecule has 2 aromatic carbocycles. The van der Waals surface area contributed by atoms with Crippen molar-refractivity contribution in [2.45, 2.75) is 12.8 Å². The summed E-state index contributed by atoms with van der Waals surface area (Å²) in [5, 5.41) is 8.29. The Labute approximate surface area is 146 Å². The number of ether oxygens (including phenoxy) is 2. The SMILES string of the molecule is COC(=O)c1ccc(N=Nc2ccc(OCCCCCl)cc2)cc1. The highest BCUT2D eigenvalue weighted by Crippen LogP contribution is 2.22. The molecule has 0 amide bonds. The monoisotopic (exact) mass is 346 g/mol. The Balaban J connectivity index is 1.90. The summed E-state index contributed by atoms with van der Waals surface area (Å²) in [7, 11) is 1.35. The van der Waals surface area contributed by atoms with Crippen LogP contribution in [0.3, 0.4) is 0 Å². The number of rotatable bonds is 8. The van der Waals surface area contributed by atoms with Gasteiger partial charge in [-0.05, 0) is 61.4 Å². The van der Waals surface area contributed by atoms with Gasteiger partial charge in [-0.25, -0.2) is 4.79 Å². The zero-order valence-electron chi connectivity index (χ0n) is 13.4. The Morgan fingerprint density at radius 3 is 2.08 bits per heavy atom. The van der Waals surface area contributed by atoms with Crippen LogP contribution in [0.2, 0.25) is 0 Å². The number of hydrogen-bond acceptors (Lipinski definition) is 5. The van der Waals surface area contributed by atoms with Gasteiger partial charge in [-0.15, -0.1) is 11.6 Å². The maximum atomic E-state index is 11.4. The standard InChI is InChI=1S/C18H19ClN2O3/c1-23-18(22)14-4-6-15(7-5-14)20-21-16-8-10-17(11-9-16)24-13-3-2-12-19/h4-11H,2-3,12-13H2,1H3. The van der Waals surface area contributed by atoms with E-state index >= 15 is 0 Å². The van der Waals surface area contributed by atoms with Crippen LogP contribution in [0.4, 0.5) is 11.4 Å². The van der Waals surface area contributed by atoms with Crippen LogP contribution in [0.5, 0.6) is 5.75 Å². The summed E-state index contributed by atoms with van der Waals surface area (Å²) in [6.45, 7) is 0.653. The second kappa shape index (κ2) is 9.67. The van der Waals surface area contributed by atoms with Crippen LogP contribution < -0.4 is 4.74 Å². The van der Waals surface area contributed by atoms with Crippen molar-refractivity contribution in [2.75, 3.05) is 19.6 Å². The molecule has 2 aromatic rings. The van der Waals surface area contributed by atoms with Gasteiger partial charge < -0.3 is 9.47 Å². The van der Waals surface area contributed by atoms with Gasteiger partial charge in [0.25, 0.3) is 0 Å². The molecule has 0 unspecified atom stereocenters. The summed E-state index contributed by atoms with van der Waals surface area (Å²) >= 11 is 5.62. The first-order valence-corrected chi connectivity index (χ1v) is 8.15. The lowest BCUT2D eigenvalue weighted by Crippen LogP contribution is -1.99. The summed E-state index contributed by atoms with van der Waals surface area (Å²) in [5.74, 6) is 1.08. The largest absolute Gasteiger partial charge is 0.494 e. The molecule has 0 spiro atoms. The minimum Gasteiger partial charge on any atom is -0.494 e. The Morgan fingerprint density at radius 2 is 1.54 bits per heavy atom. The Morgan fingerprint density at radius 1 is 0.958 bits per heavy atom. The second-order valence-electron chi connectivity index (χ2n) is 4.98. The number of carbonyl (C=O) groups excluding carboxylic acids is 1. The van der Waals surface area contributed by atoms with E-state index in [0.29, 0.717) is 23.7 Å². The minimum atomic E-state index is -0.375. The summed E-state index contributed by atoms with van der Waals surface area (Å²) in [6, 6.07) is 14.1. The fourth-order valence-corrected chi connectivity index (χ4v) is 2.08. The third-order valence-corrected chi connectivity index (χ3v) is 3.47. The van der Waals surface area contributed by atoms with Crippen molar-refractivity contribution >= 4 is 28.9 Å². The van der Waals surface area contributed by atoms with E-state index in [1.807, 2.05) is 24.3 Å². The van der Waals surface area contributed by atoms with E-state index < -0.39 is 0 Å². The third-order valence-electron chi connectivity index (χ3n) is 3.20. The highest BCUT2D eigenvalue weighted by atomic mass is 35.5. The summed E-state index contributed by atoms with van der Waals surface area (Å²) in [4.78, 5) is 11.4. The predicted molar refractivity (Wildman–Crippen MR) is 93.8 cm³/mol. The van der Waals surface area contributed by atoms with E-state index in [4.69, 9.17) is 16.3 Å². The van der Waals surface area contributed by atoms with Gasteiger partial charge >= 0.3 is 5.97 Å². The first kappa shape index (κ1) is 17.9. The lowest BCUT2D eigenvalue weighted by atomic mass is 10.2. The number of halogens is 1. The number of esters is 1. The van der Waals surface area contributed by atoms with E-state index in [1.54, 1.807) is 24.3 Å². The molecule has 0 aliphatic carbocycles. The average molecular weight is 347 g/mol. The topological polar surface area (TPSA) is 60.2 Å². The van der Waals surface area contributed by atoms with E-state index in [-0.39, 0.29) is 5.97 Å². The molecular formula is C18H19ClN2O3. The van der Waals surface area contributed by atoms with Crippen molar-refractivity contribution in [1.82, 2.24) is 0 Å². The quantitative estimate of drug-likeness (QED) is 0.282. The van der Waals surface area contributed by atoms with Crippen molar-refractivity contribution in [1.29, 1.82) is 0 Å². The molecule has 0 heterocycles. The summed E-state index contributed by atoms with van der Waals surface area (Å²) in [6.07, 6.45) is 1.88. The van der Waals surface area contributed by atoms with Crippen molar-refractivity contribution in [3.05, 3.63) is 54.1 Å². The van der Waals surface area contributed by atoms with Gasteiger partial charge in [-0.1, -0.05) is 0 Å². The van der Waals surface area contributed by atoms with E-state index in [9.17, 15) is 4.79 Å². The van der Waals surface area contributed by atoms with Gasteiger partial charge in [0.05, 0.1) is 30.7 Å². The van der Waals surface area contributed by atoms with Gasteiger partial charge in [-0.3, -0.25) is 0 Å². The summed E-state index contributed by atoms with van der Waals surface area (Å²) < 4.78 is 10.2. The molecule has 0 fully saturated rings. The number of benzene rings is 2. The van der Waals surface area contributed by atoms with Gasteiger partial charge in [0.2, 0.25) is 0 Å². The number of carbonyl (C=O) groups is 1. The van der Waals surface area contributed by atoms with Crippen LogP contribution >= 0.6 is 11.6 Å². The Hall–Kier alpha value is -2.40. The highest BCUT2D eigenvalue weighted by Gasteiger charge is 2.03. The van der Waals surface area contributed by atoms with Crippen LogP contribution in [0.1, 0.15) is 23.2 Å². The third kappa shape index (κ3) is 5.66. The zero-order chi connectivity index (χ0) is 17.2. The number of alkyl halides is 1. The number of nitrogens with zero attached hydrogens (tertiary/aromatic N) is 2. The number of azo groups is 1. The lowest BCUT2D eigenvalue weighted by Gasteiger charge is -2.05. The highest BCUT2D eigenvalue weighted by molar-refractivity contribution is 6.17. The van der Waals surface area contributed by atoms with Crippen molar-refractivity contribution in [2.24, 2.45) is 10.2 Å². The maximum absolute atomic E-state index is 11.4. The van der Waals surface area contributed by atoms with Crippen molar-refractivity contribution < 1.29 is 14.3 Å². The molecule has 0 atom stereocenters. The zero-order valence-corrected chi connectivity index (χ0v) is 14.2. The Bertz CT molecular complexity index is 670. The molecule has 0 aromatic heterocycles. The van der Waals surface area contributed by atoms with E-state index in [1.165, 1.54) is 7.11 Å². The minimum absolute atomic E-state index is 0.375. The predicted octanol–water partition coefficient (Wildman–Crippen LogP) is 5.29. The average Bonchev–Trinajstić information content (AvgIpc) is 2.64. The van der Waals surface area contributed by atoms with Crippen LogP contribution in [0.15, 0.2) is 58.8 Å². The summed E-state index contributed by atoms with van der Waals surface area (Å²) in [5.41, 5.74) is 1.86. The van der Waals surface area contributed by atoms with Gasteiger partial charge in [-0.2, -0.15) is 10.2 Å².